The molecule has 18 heavy (non-hydrogen) atoms. The molecular weight excluding hydrogens is 284 g/mol. The largest absolute Gasteiger partial charge is 0.427 e. The highest BCUT2D eigenvalue weighted by atomic mass is 35.5. The van der Waals surface area contributed by atoms with Crippen molar-refractivity contribution >= 4 is 34.0 Å². The van der Waals surface area contributed by atoms with Crippen molar-refractivity contribution in [1.29, 1.82) is 0 Å². The van der Waals surface area contributed by atoms with Crippen LogP contribution in [0, 0.1) is 0 Å². The van der Waals surface area contributed by atoms with Crippen molar-refractivity contribution in [1.82, 2.24) is 0 Å². The molecule has 0 saturated carbocycles. The quantitative estimate of drug-likeness (QED) is 0.390. The zero-order chi connectivity index (χ0) is 13.9. The molecule has 0 amide bonds. The lowest BCUT2D eigenvalue weighted by molar-refractivity contribution is -0.131. The van der Waals surface area contributed by atoms with Crippen LogP contribution in [0.2, 0.25) is 5.02 Å². The molecule has 0 spiro atoms. The van der Waals surface area contributed by atoms with E-state index in [4.69, 9.17) is 20.9 Å². The molecule has 0 aliphatic rings. The predicted molar refractivity (Wildman–Crippen MR) is 63.1 cm³/mol. The van der Waals surface area contributed by atoms with E-state index in [1.807, 2.05) is 0 Å². The molecule has 0 radical (unpaired) electrons. The Morgan fingerprint density at radius 1 is 1.50 bits per heavy atom. The van der Waals surface area contributed by atoms with Crippen LogP contribution in [0.3, 0.4) is 0 Å². The molecule has 98 valence electrons. The second-order valence-corrected chi connectivity index (χ2v) is 5.29. The first kappa shape index (κ1) is 14.6. The third kappa shape index (κ3) is 3.52. The summed E-state index contributed by atoms with van der Waals surface area (Å²) in [6.07, 6.45) is 0.0576. The molecule has 0 bridgehead atoms. The van der Waals surface area contributed by atoms with Gasteiger partial charge in [-0.1, -0.05) is 17.7 Å². The van der Waals surface area contributed by atoms with Crippen molar-refractivity contribution in [3.05, 3.63) is 28.8 Å². The first-order chi connectivity index (χ1) is 8.25. The zero-order valence-electron chi connectivity index (χ0n) is 9.16. The minimum Gasteiger partial charge on any atom is -0.427 e. The lowest BCUT2D eigenvalue weighted by Gasteiger charge is -2.10. The number of rotatable bonds is 4. The van der Waals surface area contributed by atoms with Gasteiger partial charge in [-0.25, -0.2) is 0 Å². The van der Waals surface area contributed by atoms with E-state index in [1.165, 1.54) is 25.1 Å². The number of hydrogen-bond acceptors (Lipinski definition) is 5. The molecule has 1 unspecified atom stereocenters. The summed E-state index contributed by atoms with van der Waals surface area (Å²) >= 11 is 5.77. The Balaban J connectivity index is 3.20. The number of ether oxygens (including phenoxy) is 1. The van der Waals surface area contributed by atoms with Crippen LogP contribution >= 0.6 is 11.6 Å². The van der Waals surface area contributed by atoms with Crippen molar-refractivity contribution in [3.8, 4) is 5.75 Å². The molecule has 1 aromatic rings. The standard InChI is InChI=1S/C10H9ClO6S/c1-6(13)17-7-2-3-8(9(11)4-7)10(5-12)18(14,15)16/h2-5,10H,1H3,(H,14,15,16). The first-order valence-corrected chi connectivity index (χ1v) is 6.53. The van der Waals surface area contributed by atoms with Gasteiger partial charge in [0, 0.05) is 11.9 Å². The average Bonchev–Trinajstić information content (AvgIpc) is 2.19. The summed E-state index contributed by atoms with van der Waals surface area (Å²) in [7, 11) is -4.59. The highest BCUT2D eigenvalue weighted by molar-refractivity contribution is 7.86. The Morgan fingerprint density at radius 3 is 2.50 bits per heavy atom. The molecule has 0 aliphatic heterocycles. The molecule has 6 nitrogen and oxygen atoms in total. The maximum atomic E-state index is 11.0. The summed E-state index contributed by atoms with van der Waals surface area (Å²) in [5.41, 5.74) is -0.0925. The number of carbonyl (C=O) groups is 2. The first-order valence-electron chi connectivity index (χ1n) is 4.65. The predicted octanol–water partition coefficient (Wildman–Crippen LogP) is 1.39. The van der Waals surface area contributed by atoms with Gasteiger partial charge in [0.2, 0.25) is 0 Å². The van der Waals surface area contributed by atoms with Gasteiger partial charge < -0.3 is 9.53 Å². The average molecular weight is 293 g/mol. The smallest absolute Gasteiger partial charge is 0.308 e. The summed E-state index contributed by atoms with van der Waals surface area (Å²) in [6, 6.07) is 3.64. The molecular formula is C10H9ClO6S. The van der Waals surface area contributed by atoms with Gasteiger partial charge >= 0.3 is 5.97 Å². The van der Waals surface area contributed by atoms with E-state index in [1.54, 1.807) is 0 Å². The molecule has 1 N–H and O–H groups in total. The van der Waals surface area contributed by atoms with Crippen LogP contribution in [-0.2, 0) is 19.7 Å². The normalized spacial score (nSPS) is 12.8. The molecule has 0 fully saturated rings. The highest BCUT2D eigenvalue weighted by Crippen LogP contribution is 2.30. The van der Waals surface area contributed by atoms with E-state index >= 15 is 0 Å². The van der Waals surface area contributed by atoms with Gasteiger partial charge in [0.15, 0.2) is 5.25 Å². The lowest BCUT2D eigenvalue weighted by atomic mass is 10.1. The van der Waals surface area contributed by atoms with E-state index in [9.17, 15) is 18.0 Å². The fourth-order valence-electron chi connectivity index (χ4n) is 1.27. The summed E-state index contributed by atoms with van der Waals surface area (Å²) in [5, 5.41) is -1.88. The molecule has 1 rings (SSSR count). The van der Waals surface area contributed by atoms with Gasteiger partial charge in [-0.2, -0.15) is 8.42 Å². The Hall–Kier alpha value is -1.44. The zero-order valence-corrected chi connectivity index (χ0v) is 10.7. The fourth-order valence-corrected chi connectivity index (χ4v) is 2.29. The van der Waals surface area contributed by atoms with Crippen LogP contribution in [0.5, 0.6) is 5.75 Å². The molecule has 8 heteroatoms. The van der Waals surface area contributed by atoms with Gasteiger partial charge in [-0.15, -0.1) is 0 Å². The second-order valence-electron chi connectivity index (χ2n) is 3.35. The van der Waals surface area contributed by atoms with Crippen molar-refractivity contribution in [2.24, 2.45) is 0 Å². The minimum absolute atomic E-state index is 0.0576. The topological polar surface area (TPSA) is 97.7 Å². The van der Waals surface area contributed by atoms with E-state index in [0.717, 1.165) is 0 Å². The lowest BCUT2D eigenvalue weighted by Crippen LogP contribution is -2.14. The Kier molecular flexibility index (Phi) is 4.44. The van der Waals surface area contributed by atoms with Crippen LogP contribution in [0.15, 0.2) is 18.2 Å². The SMILES string of the molecule is CC(=O)Oc1ccc(C(C=O)S(=O)(=O)O)c(Cl)c1. The van der Waals surface area contributed by atoms with Gasteiger partial charge in [0.1, 0.15) is 12.0 Å². The van der Waals surface area contributed by atoms with Crippen LogP contribution < -0.4 is 4.74 Å². The summed E-state index contributed by atoms with van der Waals surface area (Å²) < 4.78 is 35.5. The fraction of sp³-hybridized carbons (Fsp3) is 0.200. The van der Waals surface area contributed by atoms with Crippen molar-refractivity contribution in [2.75, 3.05) is 0 Å². The van der Waals surface area contributed by atoms with Crippen molar-refractivity contribution < 1.29 is 27.3 Å². The van der Waals surface area contributed by atoms with E-state index < -0.39 is 21.3 Å². The number of hydrogen-bond donors (Lipinski definition) is 1. The molecule has 0 aromatic heterocycles. The minimum atomic E-state index is -4.59. The second kappa shape index (κ2) is 5.47. The van der Waals surface area contributed by atoms with Crippen molar-refractivity contribution in [3.63, 3.8) is 0 Å². The Morgan fingerprint density at radius 2 is 2.11 bits per heavy atom. The summed E-state index contributed by atoms with van der Waals surface area (Å²) in [4.78, 5) is 21.4. The monoisotopic (exact) mass is 292 g/mol. The number of esters is 1. The Bertz CT molecular complexity index is 580. The number of aldehydes is 1. The van der Waals surface area contributed by atoms with E-state index in [2.05, 4.69) is 0 Å². The molecule has 0 heterocycles. The third-order valence-electron chi connectivity index (χ3n) is 1.98. The molecule has 0 aliphatic carbocycles. The highest BCUT2D eigenvalue weighted by Gasteiger charge is 2.26. The van der Waals surface area contributed by atoms with Crippen molar-refractivity contribution in [2.45, 2.75) is 12.2 Å². The molecule has 1 atom stereocenters. The maximum Gasteiger partial charge on any atom is 0.308 e. The maximum absolute atomic E-state index is 11.0. The van der Waals surface area contributed by atoms with Crippen LogP contribution in [0.4, 0.5) is 0 Å². The van der Waals surface area contributed by atoms with Crippen LogP contribution in [-0.4, -0.2) is 25.2 Å². The number of carbonyl (C=O) groups excluding carboxylic acids is 2. The molecule has 1 aromatic carbocycles. The summed E-state index contributed by atoms with van der Waals surface area (Å²) in [6.45, 7) is 1.19. The third-order valence-corrected chi connectivity index (χ3v) is 3.32. The summed E-state index contributed by atoms with van der Waals surface area (Å²) in [5.74, 6) is -0.461. The molecule has 0 saturated heterocycles. The van der Waals surface area contributed by atoms with E-state index in [-0.39, 0.29) is 22.6 Å². The van der Waals surface area contributed by atoms with E-state index in [0.29, 0.717) is 0 Å². The van der Waals surface area contributed by atoms with Crippen LogP contribution in [0.1, 0.15) is 17.7 Å². The number of halogens is 1. The van der Waals surface area contributed by atoms with Gasteiger partial charge in [0.25, 0.3) is 10.1 Å². The van der Waals surface area contributed by atoms with Gasteiger partial charge in [-0.05, 0) is 17.7 Å². The Labute approximate surface area is 108 Å². The van der Waals surface area contributed by atoms with Gasteiger partial charge in [-0.3, -0.25) is 9.35 Å². The van der Waals surface area contributed by atoms with Gasteiger partial charge in [0.05, 0.1) is 0 Å². The number of benzene rings is 1. The van der Waals surface area contributed by atoms with Crippen LogP contribution in [0.25, 0.3) is 0 Å².